The van der Waals surface area contributed by atoms with Crippen molar-refractivity contribution in [3.05, 3.63) is 42.1 Å². The third-order valence-electron chi connectivity index (χ3n) is 2.95. The Morgan fingerprint density at radius 2 is 2.08 bits per heavy atom. The van der Waals surface area contributed by atoms with Crippen LogP contribution in [0.1, 0.15) is 26.5 Å². The zero-order valence-corrected chi connectivity index (χ0v) is 14.6. The minimum atomic E-state index is -0.547. The highest BCUT2D eigenvalue weighted by Crippen LogP contribution is 2.18. The van der Waals surface area contributed by atoms with E-state index < -0.39 is 17.4 Å². The van der Waals surface area contributed by atoms with Gasteiger partial charge in [0, 0.05) is 12.6 Å². The van der Waals surface area contributed by atoms with Crippen LogP contribution in [0.5, 0.6) is 5.88 Å². The van der Waals surface area contributed by atoms with Crippen LogP contribution in [-0.2, 0) is 9.59 Å². The minimum absolute atomic E-state index is 0.0362. The van der Waals surface area contributed by atoms with Crippen LogP contribution < -0.4 is 10.1 Å². The lowest BCUT2D eigenvalue weighted by Crippen LogP contribution is -2.53. The quantitative estimate of drug-likeness (QED) is 0.391. The second kappa shape index (κ2) is 6.92. The van der Waals surface area contributed by atoms with Gasteiger partial charge in [0.05, 0.1) is 5.69 Å². The van der Waals surface area contributed by atoms with Gasteiger partial charge in [-0.1, -0.05) is 12.1 Å². The van der Waals surface area contributed by atoms with Gasteiger partial charge in [-0.05, 0) is 45.1 Å². The highest BCUT2D eigenvalue weighted by atomic mass is 32.1. The number of pyridine rings is 1. The fraction of sp³-hybridized carbons (Fsp3) is 0.294. The molecule has 1 aromatic rings. The minimum Gasteiger partial charge on any atom is -0.472 e. The monoisotopic (exact) mass is 345 g/mol. The third kappa shape index (κ3) is 4.26. The molecule has 1 aliphatic heterocycles. The van der Waals surface area contributed by atoms with Gasteiger partial charge in [0.1, 0.15) is 11.2 Å². The number of carbonyl (C=O) groups is 2. The van der Waals surface area contributed by atoms with Crippen LogP contribution in [0.3, 0.4) is 0 Å². The van der Waals surface area contributed by atoms with Crippen molar-refractivity contribution in [2.75, 3.05) is 6.54 Å². The Kier molecular flexibility index (Phi) is 5.14. The van der Waals surface area contributed by atoms with Crippen LogP contribution in [0, 0.1) is 0 Å². The summed E-state index contributed by atoms with van der Waals surface area (Å²) in [4.78, 5) is 30.1. The molecule has 0 unspecified atom stereocenters. The Balaban J connectivity index is 2.33. The molecule has 1 N–H and O–H groups in total. The lowest BCUT2D eigenvalue weighted by Gasteiger charge is -2.27. The number of carbonyl (C=O) groups excluding carboxylic acids is 2. The second-order valence-electron chi connectivity index (χ2n) is 6.14. The molecule has 0 aliphatic carbocycles. The fourth-order valence-corrected chi connectivity index (χ4v) is 2.27. The van der Waals surface area contributed by atoms with Gasteiger partial charge in [-0.2, -0.15) is 0 Å². The summed E-state index contributed by atoms with van der Waals surface area (Å²) in [5.74, 6) is -0.610. The van der Waals surface area contributed by atoms with E-state index in [1.165, 1.54) is 17.1 Å². The molecule has 1 aromatic heterocycles. The molecule has 1 aliphatic rings. The summed E-state index contributed by atoms with van der Waals surface area (Å²) in [6, 6.07) is 5.15. The number of hydrogen-bond donors (Lipinski definition) is 1. The van der Waals surface area contributed by atoms with Crippen molar-refractivity contribution in [1.29, 1.82) is 0 Å². The van der Waals surface area contributed by atoms with Crippen molar-refractivity contribution in [1.82, 2.24) is 15.2 Å². The van der Waals surface area contributed by atoms with Gasteiger partial charge in [-0.3, -0.25) is 19.8 Å². The Bertz CT molecular complexity index is 735. The van der Waals surface area contributed by atoms with Gasteiger partial charge >= 0.3 is 0 Å². The van der Waals surface area contributed by atoms with Crippen molar-refractivity contribution in [2.45, 2.75) is 26.4 Å². The second-order valence-corrected chi connectivity index (χ2v) is 6.52. The normalized spacial score (nSPS) is 17.0. The van der Waals surface area contributed by atoms with E-state index in [1.807, 2.05) is 20.8 Å². The van der Waals surface area contributed by atoms with Crippen molar-refractivity contribution >= 4 is 35.2 Å². The fourth-order valence-electron chi connectivity index (χ4n) is 2.02. The molecule has 24 heavy (non-hydrogen) atoms. The SMILES string of the molecule is C=CCN1C(=O)C(=Cc2cccc(OC(C)(C)C)n2)C(=O)NC1=S. The van der Waals surface area contributed by atoms with E-state index in [-0.39, 0.29) is 17.2 Å². The van der Waals surface area contributed by atoms with Crippen LogP contribution >= 0.6 is 12.2 Å². The van der Waals surface area contributed by atoms with Gasteiger partial charge in [0.2, 0.25) is 5.88 Å². The molecule has 0 atom stereocenters. The maximum Gasteiger partial charge on any atom is 0.266 e. The van der Waals surface area contributed by atoms with Crippen molar-refractivity contribution < 1.29 is 14.3 Å². The summed E-state index contributed by atoms with van der Waals surface area (Å²) in [7, 11) is 0. The summed E-state index contributed by atoms with van der Waals surface area (Å²) in [5.41, 5.74) is 0.0106. The van der Waals surface area contributed by atoms with Gasteiger partial charge in [-0.25, -0.2) is 4.98 Å². The maximum atomic E-state index is 12.5. The smallest absolute Gasteiger partial charge is 0.266 e. The van der Waals surface area contributed by atoms with Crippen LogP contribution in [0.4, 0.5) is 0 Å². The lowest BCUT2D eigenvalue weighted by atomic mass is 10.1. The first-order chi connectivity index (χ1) is 11.2. The van der Waals surface area contributed by atoms with E-state index in [1.54, 1.807) is 18.2 Å². The van der Waals surface area contributed by atoms with E-state index in [9.17, 15) is 9.59 Å². The van der Waals surface area contributed by atoms with Crippen molar-refractivity contribution in [3.63, 3.8) is 0 Å². The number of ether oxygens (including phenoxy) is 1. The maximum absolute atomic E-state index is 12.5. The molecular weight excluding hydrogens is 326 g/mol. The standard InChI is InChI=1S/C17H19N3O3S/c1-5-9-20-15(22)12(14(21)19-16(20)24)10-11-7-6-8-13(18-11)23-17(2,3)4/h5-8,10H,1,9H2,2-4H3,(H,19,21,24). The number of nitrogens with one attached hydrogen (secondary N) is 1. The molecule has 1 saturated heterocycles. The Morgan fingerprint density at radius 1 is 1.38 bits per heavy atom. The Labute approximate surface area is 146 Å². The topological polar surface area (TPSA) is 71.5 Å². The highest BCUT2D eigenvalue weighted by Gasteiger charge is 2.32. The lowest BCUT2D eigenvalue weighted by molar-refractivity contribution is -0.128. The Morgan fingerprint density at radius 3 is 2.71 bits per heavy atom. The number of nitrogens with zero attached hydrogens (tertiary/aromatic N) is 2. The first kappa shape index (κ1) is 17.8. The molecule has 0 radical (unpaired) electrons. The molecule has 2 rings (SSSR count). The van der Waals surface area contributed by atoms with E-state index >= 15 is 0 Å². The molecule has 6 nitrogen and oxygen atoms in total. The van der Waals surface area contributed by atoms with Crippen LogP contribution in [0.25, 0.3) is 6.08 Å². The summed E-state index contributed by atoms with van der Waals surface area (Å²) in [6.45, 7) is 9.53. The summed E-state index contributed by atoms with van der Waals surface area (Å²) in [6.07, 6.45) is 2.96. The summed E-state index contributed by atoms with van der Waals surface area (Å²) < 4.78 is 5.69. The van der Waals surface area contributed by atoms with Crippen molar-refractivity contribution in [3.8, 4) is 5.88 Å². The molecule has 1 fully saturated rings. The molecule has 2 heterocycles. The van der Waals surface area contributed by atoms with Crippen LogP contribution in [0.2, 0.25) is 0 Å². The predicted octanol–water partition coefficient (Wildman–Crippen LogP) is 2.07. The summed E-state index contributed by atoms with van der Waals surface area (Å²) in [5, 5.41) is 2.56. The molecule has 126 valence electrons. The average Bonchev–Trinajstić information content (AvgIpc) is 2.46. The zero-order chi connectivity index (χ0) is 17.9. The van der Waals surface area contributed by atoms with Crippen LogP contribution in [0.15, 0.2) is 36.4 Å². The molecule has 0 saturated carbocycles. The number of aromatic nitrogens is 1. The molecule has 0 spiro atoms. The molecular formula is C17H19N3O3S. The molecule has 2 amide bonds. The number of thiocarbonyl (C=S) groups is 1. The van der Waals surface area contributed by atoms with Gasteiger partial charge in [0.25, 0.3) is 11.8 Å². The van der Waals surface area contributed by atoms with Gasteiger partial charge in [-0.15, -0.1) is 6.58 Å². The Hall–Kier alpha value is -2.54. The van der Waals surface area contributed by atoms with Crippen molar-refractivity contribution in [2.24, 2.45) is 0 Å². The number of rotatable bonds is 4. The average molecular weight is 345 g/mol. The number of amides is 2. The zero-order valence-electron chi connectivity index (χ0n) is 13.8. The van der Waals surface area contributed by atoms with E-state index in [2.05, 4.69) is 16.9 Å². The number of hydrogen-bond acceptors (Lipinski definition) is 5. The predicted molar refractivity (Wildman–Crippen MR) is 95.2 cm³/mol. The summed E-state index contributed by atoms with van der Waals surface area (Å²) >= 11 is 5.01. The molecule has 7 heteroatoms. The largest absolute Gasteiger partial charge is 0.472 e. The van der Waals surface area contributed by atoms with E-state index in [0.717, 1.165) is 0 Å². The first-order valence-corrected chi connectivity index (χ1v) is 7.78. The first-order valence-electron chi connectivity index (χ1n) is 7.37. The highest BCUT2D eigenvalue weighted by molar-refractivity contribution is 7.80. The van der Waals surface area contributed by atoms with Crippen LogP contribution in [-0.4, -0.2) is 39.0 Å². The van der Waals surface area contributed by atoms with Gasteiger partial charge < -0.3 is 4.74 Å². The third-order valence-corrected chi connectivity index (χ3v) is 3.27. The molecule has 0 aromatic carbocycles. The molecule has 0 bridgehead atoms. The van der Waals surface area contributed by atoms with E-state index in [4.69, 9.17) is 17.0 Å². The van der Waals surface area contributed by atoms with E-state index in [0.29, 0.717) is 11.6 Å². The van der Waals surface area contributed by atoms with Gasteiger partial charge in [0.15, 0.2) is 5.11 Å².